The lowest BCUT2D eigenvalue weighted by atomic mass is 10.0. The highest BCUT2D eigenvalue weighted by Gasteiger charge is 2.14. The average molecular weight is 428 g/mol. The van der Waals surface area contributed by atoms with Crippen LogP contribution in [-0.4, -0.2) is 21.6 Å². The summed E-state index contributed by atoms with van der Waals surface area (Å²) >= 11 is 0. The lowest BCUT2D eigenvalue weighted by Gasteiger charge is -2.19. The Balaban J connectivity index is 1.52. The highest BCUT2D eigenvalue weighted by atomic mass is 15.2. The van der Waals surface area contributed by atoms with Crippen LogP contribution in [0.1, 0.15) is 1.37 Å². The lowest BCUT2D eigenvalue weighted by Crippen LogP contribution is -2.10. The van der Waals surface area contributed by atoms with Gasteiger partial charge in [0.05, 0.1) is 12.4 Å². The van der Waals surface area contributed by atoms with Crippen LogP contribution in [0.4, 0.5) is 11.5 Å². The molecule has 0 unspecified atom stereocenters. The van der Waals surface area contributed by atoms with Crippen molar-refractivity contribution in [2.45, 2.75) is 0 Å². The average Bonchev–Trinajstić information content (AvgIpc) is 3.22. The molecule has 0 atom stereocenters. The van der Waals surface area contributed by atoms with E-state index in [1.54, 1.807) is 6.07 Å². The second kappa shape index (κ2) is 7.92. The number of aromatic nitrogens is 3. The number of benzene rings is 3. The molecular weight excluding hydrogens is 404 g/mol. The Bertz CT molecular complexity index is 1640. The molecule has 4 nitrogen and oxygen atoms in total. The Morgan fingerprint density at radius 1 is 0.697 bits per heavy atom. The molecule has 0 bridgehead atoms. The third-order valence-electron chi connectivity index (χ3n) is 6.06. The molecule has 0 aliphatic carbocycles. The van der Waals surface area contributed by atoms with E-state index in [1.165, 1.54) is 10.8 Å². The summed E-state index contributed by atoms with van der Waals surface area (Å²) in [6.07, 6.45) is 2.06. The van der Waals surface area contributed by atoms with Crippen molar-refractivity contribution < 1.29 is 1.37 Å². The Morgan fingerprint density at radius 3 is 2.39 bits per heavy atom. The van der Waals surface area contributed by atoms with Gasteiger partial charge in [-0.1, -0.05) is 54.6 Å². The molecule has 158 valence electrons. The van der Waals surface area contributed by atoms with E-state index < -0.39 is 0 Å². The number of rotatable bonds is 4. The Hall–Kier alpha value is -4.44. The minimum atomic E-state index is 0.254. The standard InChI is InChI=1S/C29H22N4/c1-32(28-13-4-6-17-30-28)23-10-8-9-21(19-23)22-15-16-25-24-11-2-3-12-26(24)33(27(25)20-22)29-14-5-7-18-31-29/h2-20H,1H3/i18D. The van der Waals surface area contributed by atoms with Crippen molar-refractivity contribution in [1.82, 2.24) is 14.5 Å². The smallest absolute Gasteiger partial charge is 0.137 e. The first-order valence-corrected chi connectivity index (χ1v) is 10.9. The van der Waals surface area contributed by atoms with Gasteiger partial charge >= 0.3 is 0 Å². The zero-order valence-electron chi connectivity index (χ0n) is 19.2. The maximum atomic E-state index is 8.03. The second-order valence-corrected chi connectivity index (χ2v) is 8.01. The molecular formula is C29H22N4. The number of hydrogen-bond acceptors (Lipinski definition) is 3. The normalized spacial score (nSPS) is 11.6. The molecule has 3 aromatic carbocycles. The molecule has 0 radical (unpaired) electrons. The van der Waals surface area contributed by atoms with Crippen LogP contribution in [0.25, 0.3) is 38.8 Å². The molecule has 4 heteroatoms. The number of nitrogens with zero attached hydrogens (tertiary/aromatic N) is 4. The summed E-state index contributed by atoms with van der Waals surface area (Å²) in [6, 6.07) is 34.9. The van der Waals surface area contributed by atoms with E-state index in [1.807, 2.05) is 49.6 Å². The van der Waals surface area contributed by atoms with Gasteiger partial charge in [-0.2, -0.15) is 0 Å². The minimum Gasteiger partial charge on any atom is -0.329 e. The molecule has 0 amide bonds. The highest BCUT2D eigenvalue weighted by Crippen LogP contribution is 2.35. The molecule has 3 aromatic heterocycles. The van der Waals surface area contributed by atoms with Crippen molar-refractivity contribution in [1.29, 1.82) is 0 Å². The van der Waals surface area contributed by atoms with Crippen molar-refractivity contribution in [3.8, 4) is 16.9 Å². The summed E-state index contributed by atoms with van der Waals surface area (Å²) in [6.45, 7) is 0. The molecule has 0 N–H and O–H groups in total. The van der Waals surface area contributed by atoms with E-state index in [-0.39, 0.29) is 6.17 Å². The number of anilines is 2. The van der Waals surface area contributed by atoms with Gasteiger partial charge in [0.25, 0.3) is 0 Å². The summed E-state index contributed by atoms with van der Waals surface area (Å²) in [4.78, 5) is 11.1. The summed E-state index contributed by atoms with van der Waals surface area (Å²) in [7, 11) is 2.03. The summed E-state index contributed by atoms with van der Waals surface area (Å²) in [5.74, 6) is 1.65. The maximum absolute atomic E-state index is 8.03. The largest absolute Gasteiger partial charge is 0.329 e. The highest BCUT2D eigenvalue weighted by molar-refractivity contribution is 6.10. The van der Waals surface area contributed by atoms with Crippen LogP contribution >= 0.6 is 0 Å². The SMILES string of the molecule is [2H]c1cccc(-n2c3ccccc3c3ccc(-c4cccc(N(C)c5ccccn5)c4)cc32)n1. The first-order valence-electron chi connectivity index (χ1n) is 11.4. The molecule has 3 heterocycles. The molecule has 0 fully saturated rings. The fourth-order valence-electron chi connectivity index (χ4n) is 4.42. The summed E-state index contributed by atoms with van der Waals surface area (Å²) < 4.78 is 10.2. The van der Waals surface area contributed by atoms with Gasteiger partial charge in [-0.25, -0.2) is 9.97 Å². The van der Waals surface area contributed by atoms with Gasteiger partial charge < -0.3 is 4.90 Å². The molecule has 0 aliphatic heterocycles. The fourth-order valence-corrected chi connectivity index (χ4v) is 4.42. The van der Waals surface area contributed by atoms with Crippen molar-refractivity contribution in [2.24, 2.45) is 0 Å². The monoisotopic (exact) mass is 427 g/mol. The van der Waals surface area contributed by atoms with Gasteiger partial charge in [-0.3, -0.25) is 4.57 Å². The van der Waals surface area contributed by atoms with Crippen molar-refractivity contribution in [3.05, 3.63) is 115 Å². The molecule has 6 aromatic rings. The van der Waals surface area contributed by atoms with Gasteiger partial charge in [0.15, 0.2) is 0 Å². The van der Waals surface area contributed by atoms with E-state index in [0.717, 1.165) is 39.5 Å². The predicted molar refractivity (Wildman–Crippen MR) is 136 cm³/mol. The summed E-state index contributed by atoms with van der Waals surface area (Å²) in [5.41, 5.74) is 5.47. The van der Waals surface area contributed by atoms with Crippen molar-refractivity contribution in [3.63, 3.8) is 0 Å². The number of fused-ring (bicyclic) bond motifs is 3. The predicted octanol–water partition coefficient (Wildman–Crippen LogP) is 7.01. The van der Waals surface area contributed by atoms with Crippen LogP contribution in [0.5, 0.6) is 0 Å². The second-order valence-electron chi connectivity index (χ2n) is 8.01. The number of pyridine rings is 2. The first-order chi connectivity index (χ1) is 16.7. The Morgan fingerprint density at radius 2 is 1.52 bits per heavy atom. The maximum Gasteiger partial charge on any atom is 0.137 e. The van der Waals surface area contributed by atoms with Gasteiger partial charge in [0.2, 0.25) is 0 Å². The molecule has 33 heavy (non-hydrogen) atoms. The number of hydrogen-bond donors (Lipinski definition) is 0. The molecule has 6 rings (SSSR count). The zero-order chi connectivity index (χ0) is 23.1. The van der Waals surface area contributed by atoms with Crippen molar-refractivity contribution >= 4 is 33.3 Å². The fraction of sp³-hybridized carbons (Fsp3) is 0.0345. The Labute approximate surface area is 193 Å². The van der Waals surface area contributed by atoms with E-state index in [2.05, 4.69) is 80.1 Å². The third-order valence-corrected chi connectivity index (χ3v) is 6.06. The van der Waals surface area contributed by atoms with E-state index in [0.29, 0.717) is 0 Å². The van der Waals surface area contributed by atoms with Crippen LogP contribution < -0.4 is 4.90 Å². The third kappa shape index (κ3) is 3.33. The van der Waals surface area contributed by atoms with Gasteiger partial charge in [0, 0.05) is 35.9 Å². The topological polar surface area (TPSA) is 34.0 Å². The van der Waals surface area contributed by atoms with E-state index in [9.17, 15) is 0 Å². The molecule has 0 aliphatic rings. The van der Waals surface area contributed by atoms with E-state index in [4.69, 9.17) is 1.37 Å². The summed E-state index contributed by atoms with van der Waals surface area (Å²) in [5, 5.41) is 2.34. The van der Waals surface area contributed by atoms with Crippen LogP contribution in [0.3, 0.4) is 0 Å². The van der Waals surface area contributed by atoms with Gasteiger partial charge in [-0.15, -0.1) is 0 Å². The van der Waals surface area contributed by atoms with Crippen LogP contribution in [0, 0.1) is 0 Å². The number of para-hydroxylation sites is 1. The first kappa shape index (κ1) is 18.2. The van der Waals surface area contributed by atoms with Gasteiger partial charge in [-0.05, 0) is 59.7 Å². The van der Waals surface area contributed by atoms with Gasteiger partial charge in [0.1, 0.15) is 11.6 Å². The zero-order valence-corrected chi connectivity index (χ0v) is 18.2. The quantitative estimate of drug-likeness (QED) is 0.303. The van der Waals surface area contributed by atoms with Crippen molar-refractivity contribution in [2.75, 3.05) is 11.9 Å². The molecule has 0 saturated heterocycles. The molecule has 0 spiro atoms. The Kier molecular flexibility index (Phi) is 4.36. The van der Waals surface area contributed by atoms with E-state index >= 15 is 0 Å². The molecule has 0 saturated carbocycles. The lowest BCUT2D eigenvalue weighted by molar-refractivity contribution is 1.08. The van der Waals surface area contributed by atoms with Crippen LogP contribution in [0.2, 0.25) is 0 Å². The van der Waals surface area contributed by atoms with Crippen LogP contribution in [0.15, 0.2) is 115 Å². The minimum absolute atomic E-state index is 0.254. The van der Waals surface area contributed by atoms with Crippen LogP contribution in [-0.2, 0) is 0 Å².